The third-order valence-corrected chi connectivity index (χ3v) is 6.50. The number of benzene rings is 3. The van der Waals surface area contributed by atoms with Crippen molar-refractivity contribution in [2.24, 2.45) is 0 Å². The minimum atomic E-state index is -0.284. The van der Waals surface area contributed by atoms with Crippen LogP contribution in [0.25, 0.3) is 17.0 Å². The van der Waals surface area contributed by atoms with Crippen LogP contribution in [-0.4, -0.2) is 22.4 Å². The van der Waals surface area contributed by atoms with Crippen molar-refractivity contribution >= 4 is 28.6 Å². The standard InChI is InChI=1S/C28H26N4O2S/c1-4-19-13-15-22(16-14-19)32-18(2)24(27-30-26(31-34-27)20-9-6-5-7-10-20)25(29-28(32)35)21-11-8-12-23(17-21)33-3/h5-17,25H,4H2,1-3H3,(H,29,35). The van der Waals surface area contributed by atoms with E-state index >= 15 is 0 Å². The van der Waals surface area contributed by atoms with Gasteiger partial charge in [-0.05, 0) is 61.0 Å². The SMILES string of the molecule is CCc1ccc(N2C(=S)NC(c3cccc(OC)c3)C(c3nc(-c4ccccc4)no3)=C2C)cc1. The first-order valence-corrected chi connectivity index (χ1v) is 11.9. The molecule has 176 valence electrons. The molecule has 1 aromatic heterocycles. The van der Waals surface area contributed by atoms with Crippen LogP contribution in [0.2, 0.25) is 0 Å². The minimum absolute atomic E-state index is 0.284. The number of anilines is 1. The predicted octanol–water partition coefficient (Wildman–Crippen LogP) is 6.17. The summed E-state index contributed by atoms with van der Waals surface area (Å²) >= 11 is 5.85. The van der Waals surface area contributed by atoms with E-state index in [-0.39, 0.29) is 6.04 Å². The Balaban J connectivity index is 1.65. The number of aryl methyl sites for hydroxylation is 1. The van der Waals surface area contributed by atoms with Crippen molar-refractivity contribution in [2.45, 2.75) is 26.3 Å². The number of allylic oxidation sites excluding steroid dienone is 1. The topological polar surface area (TPSA) is 63.4 Å². The lowest BCUT2D eigenvalue weighted by atomic mass is 9.94. The van der Waals surface area contributed by atoms with Gasteiger partial charge in [-0.1, -0.05) is 66.7 Å². The van der Waals surface area contributed by atoms with E-state index < -0.39 is 0 Å². The Labute approximate surface area is 210 Å². The van der Waals surface area contributed by atoms with Gasteiger partial charge in [0.2, 0.25) is 5.82 Å². The number of rotatable bonds is 6. The molecule has 0 bridgehead atoms. The van der Waals surface area contributed by atoms with E-state index in [2.05, 4.69) is 41.7 Å². The van der Waals surface area contributed by atoms with E-state index in [1.807, 2.05) is 66.4 Å². The van der Waals surface area contributed by atoms with E-state index in [4.69, 9.17) is 26.5 Å². The molecule has 0 saturated heterocycles. The summed E-state index contributed by atoms with van der Waals surface area (Å²) in [5.41, 5.74) is 5.91. The smallest absolute Gasteiger partial charge is 0.258 e. The van der Waals surface area contributed by atoms with E-state index in [1.165, 1.54) is 5.56 Å². The summed E-state index contributed by atoms with van der Waals surface area (Å²) in [6.07, 6.45) is 0.977. The predicted molar refractivity (Wildman–Crippen MR) is 142 cm³/mol. The summed E-state index contributed by atoms with van der Waals surface area (Å²) in [7, 11) is 1.66. The summed E-state index contributed by atoms with van der Waals surface area (Å²) in [6, 6.07) is 25.9. The molecular formula is C28H26N4O2S. The minimum Gasteiger partial charge on any atom is -0.497 e. The number of aromatic nitrogens is 2. The van der Waals surface area contributed by atoms with Crippen LogP contribution in [0.1, 0.15) is 36.9 Å². The zero-order valence-electron chi connectivity index (χ0n) is 19.9. The fraction of sp³-hybridized carbons (Fsp3) is 0.179. The van der Waals surface area contributed by atoms with E-state index in [0.717, 1.165) is 40.3 Å². The van der Waals surface area contributed by atoms with Gasteiger partial charge < -0.3 is 14.6 Å². The van der Waals surface area contributed by atoms with Gasteiger partial charge in [-0.15, -0.1) is 0 Å². The van der Waals surface area contributed by atoms with Crippen LogP contribution in [0.15, 0.2) is 89.1 Å². The number of thiocarbonyl (C=S) groups is 1. The van der Waals surface area contributed by atoms with Crippen LogP contribution in [0, 0.1) is 0 Å². The Kier molecular flexibility index (Phi) is 6.33. The highest BCUT2D eigenvalue weighted by Crippen LogP contribution is 2.39. The van der Waals surface area contributed by atoms with Gasteiger partial charge in [0.25, 0.3) is 5.89 Å². The second-order valence-electron chi connectivity index (χ2n) is 8.30. The highest BCUT2D eigenvalue weighted by molar-refractivity contribution is 7.80. The maximum atomic E-state index is 5.85. The van der Waals surface area contributed by atoms with Crippen molar-refractivity contribution in [3.8, 4) is 17.1 Å². The van der Waals surface area contributed by atoms with Crippen LogP contribution >= 0.6 is 12.2 Å². The van der Waals surface area contributed by atoms with Gasteiger partial charge in [0, 0.05) is 16.9 Å². The first kappa shape index (κ1) is 22.8. The fourth-order valence-electron chi connectivity index (χ4n) is 4.32. The molecule has 1 atom stereocenters. The van der Waals surface area contributed by atoms with Crippen molar-refractivity contribution in [1.82, 2.24) is 15.5 Å². The molecule has 35 heavy (non-hydrogen) atoms. The molecule has 3 aromatic carbocycles. The maximum Gasteiger partial charge on any atom is 0.258 e. The van der Waals surface area contributed by atoms with Gasteiger partial charge in [0.15, 0.2) is 5.11 Å². The number of methoxy groups -OCH3 is 1. The maximum absolute atomic E-state index is 5.85. The van der Waals surface area contributed by atoms with Crippen molar-refractivity contribution in [1.29, 1.82) is 0 Å². The molecule has 5 rings (SSSR count). The number of nitrogens with zero attached hydrogens (tertiary/aromatic N) is 3. The van der Waals surface area contributed by atoms with Gasteiger partial charge >= 0.3 is 0 Å². The quantitative estimate of drug-likeness (QED) is 0.330. The molecule has 1 unspecified atom stereocenters. The second-order valence-corrected chi connectivity index (χ2v) is 8.69. The first-order valence-electron chi connectivity index (χ1n) is 11.5. The van der Waals surface area contributed by atoms with Gasteiger partial charge in [0.1, 0.15) is 5.75 Å². The van der Waals surface area contributed by atoms with Gasteiger partial charge in [0.05, 0.1) is 18.7 Å². The normalized spacial score (nSPS) is 15.8. The highest BCUT2D eigenvalue weighted by atomic mass is 32.1. The third-order valence-electron chi connectivity index (χ3n) is 6.20. The monoisotopic (exact) mass is 482 g/mol. The number of hydrogen-bond donors (Lipinski definition) is 1. The third kappa shape index (κ3) is 4.42. The molecule has 0 aliphatic carbocycles. The molecular weight excluding hydrogens is 456 g/mol. The first-order chi connectivity index (χ1) is 17.1. The lowest BCUT2D eigenvalue weighted by Crippen LogP contribution is -2.46. The Hall–Kier alpha value is -3.97. The Morgan fingerprint density at radius 2 is 1.80 bits per heavy atom. The molecule has 0 saturated carbocycles. The van der Waals surface area contributed by atoms with Crippen LogP contribution in [0.3, 0.4) is 0 Å². The lowest BCUT2D eigenvalue weighted by Gasteiger charge is -2.37. The molecule has 1 aliphatic rings. The molecule has 0 amide bonds. The summed E-state index contributed by atoms with van der Waals surface area (Å²) in [6.45, 7) is 4.18. The zero-order valence-corrected chi connectivity index (χ0v) is 20.7. The molecule has 7 heteroatoms. The molecule has 6 nitrogen and oxygen atoms in total. The van der Waals surface area contributed by atoms with Crippen molar-refractivity contribution < 1.29 is 9.26 Å². The average molecular weight is 483 g/mol. The Bertz CT molecular complexity index is 1380. The fourth-order valence-corrected chi connectivity index (χ4v) is 4.68. The number of nitrogens with one attached hydrogen (secondary N) is 1. The van der Waals surface area contributed by atoms with E-state index in [0.29, 0.717) is 16.8 Å². The number of hydrogen-bond acceptors (Lipinski definition) is 5. The van der Waals surface area contributed by atoms with Gasteiger partial charge in [-0.25, -0.2) is 0 Å². The molecule has 1 N–H and O–H groups in total. The van der Waals surface area contributed by atoms with Crippen molar-refractivity contribution in [3.05, 3.63) is 102 Å². The van der Waals surface area contributed by atoms with Crippen molar-refractivity contribution in [2.75, 3.05) is 12.0 Å². The summed E-state index contributed by atoms with van der Waals surface area (Å²) < 4.78 is 11.3. The largest absolute Gasteiger partial charge is 0.497 e. The van der Waals surface area contributed by atoms with E-state index in [9.17, 15) is 0 Å². The highest BCUT2D eigenvalue weighted by Gasteiger charge is 2.35. The molecule has 4 aromatic rings. The molecule has 0 radical (unpaired) electrons. The zero-order chi connectivity index (χ0) is 24.4. The van der Waals surface area contributed by atoms with Gasteiger partial charge in [-0.2, -0.15) is 4.98 Å². The van der Waals surface area contributed by atoms with Crippen LogP contribution in [0.4, 0.5) is 5.69 Å². The van der Waals surface area contributed by atoms with Gasteiger partial charge in [-0.3, -0.25) is 4.90 Å². The molecule has 1 aliphatic heterocycles. The van der Waals surface area contributed by atoms with Crippen molar-refractivity contribution in [3.63, 3.8) is 0 Å². The molecule has 0 spiro atoms. The summed E-state index contributed by atoms with van der Waals surface area (Å²) in [5.74, 6) is 1.75. The Morgan fingerprint density at radius 1 is 1.03 bits per heavy atom. The molecule has 0 fully saturated rings. The van der Waals surface area contributed by atoms with Crippen LogP contribution in [-0.2, 0) is 6.42 Å². The average Bonchev–Trinajstić information content (AvgIpc) is 3.39. The van der Waals surface area contributed by atoms with Crippen LogP contribution < -0.4 is 15.0 Å². The lowest BCUT2D eigenvalue weighted by molar-refractivity contribution is 0.403. The summed E-state index contributed by atoms with van der Waals surface area (Å²) in [5, 5.41) is 8.38. The van der Waals surface area contributed by atoms with Crippen LogP contribution in [0.5, 0.6) is 5.75 Å². The second kappa shape index (κ2) is 9.72. The number of ether oxygens (including phenoxy) is 1. The van der Waals surface area contributed by atoms with E-state index in [1.54, 1.807) is 7.11 Å². The molecule has 2 heterocycles. The summed E-state index contributed by atoms with van der Waals surface area (Å²) in [4.78, 5) is 6.80. The Morgan fingerprint density at radius 3 is 2.51 bits per heavy atom.